The first-order valence-corrected chi connectivity index (χ1v) is 20.9. The molecule has 0 spiro atoms. The number of benzene rings is 1. The molecule has 1 aliphatic rings. The Labute approximate surface area is 268 Å². The number of carbonyl (C=O) groups excluding carboxylic acids is 2. The largest absolute Gasteiger partial charge is 0.455 e. The van der Waals surface area contributed by atoms with E-state index in [1.807, 2.05) is 33.9 Å². The van der Waals surface area contributed by atoms with Gasteiger partial charge in [-0.15, -0.1) is 0 Å². The summed E-state index contributed by atoms with van der Waals surface area (Å²) in [5.41, 5.74) is -3.84. The van der Waals surface area contributed by atoms with Gasteiger partial charge in [0.05, 0.1) is 13.2 Å². The Morgan fingerprint density at radius 2 is 1.20 bits per heavy atom. The van der Waals surface area contributed by atoms with Gasteiger partial charge >= 0.3 is 18.1 Å². The van der Waals surface area contributed by atoms with E-state index in [-0.39, 0.29) is 23.3 Å². The summed E-state index contributed by atoms with van der Waals surface area (Å²) in [5.74, 6) is -2.26. The van der Waals surface area contributed by atoms with Crippen LogP contribution in [0.15, 0.2) is 42.5 Å². The number of esters is 2. The van der Waals surface area contributed by atoms with E-state index in [4.69, 9.17) is 27.8 Å². The summed E-state index contributed by atoms with van der Waals surface area (Å²) < 4.78 is 79.5. The number of alkyl halides is 3. The second-order valence-electron chi connectivity index (χ2n) is 14.4. The molecule has 0 aromatic heterocycles. The van der Waals surface area contributed by atoms with Crippen LogP contribution in [0, 0.1) is 0 Å². The molecular formula is C32H51F3O8Si2. The quantitative estimate of drug-likeness (QED) is 0.137. The molecule has 0 radical (unpaired) electrons. The standard InChI is InChI=1S/C32H51F3O8Si2/c1-22(36)41-24-18-19-25(43-28(37)31(38-8,32(33,34)35)23-16-14-13-15-17-23)27(21-40-45(11,12)30(5,6)7)42-26(24)20-39-44(9,10)29(2,3)4/h13-19,24-27H,20-21H2,1-12H3/t24-,25+,26+,27-,31+/m1/s1. The fourth-order valence-electron chi connectivity index (χ4n) is 4.14. The van der Waals surface area contributed by atoms with Crippen LogP contribution in [0.1, 0.15) is 54.0 Å². The SMILES string of the molecule is CO[C@](C(=O)O[C@H]1C=C[C@@H](OC(C)=O)[C@H](CO[Si](C)(C)C(C)(C)C)O[C@@H]1CO[Si](C)(C)C(C)(C)C)(c1ccccc1)C(F)(F)F. The smallest absolute Gasteiger partial charge is 0.432 e. The molecule has 0 N–H and O–H groups in total. The van der Waals surface area contributed by atoms with Gasteiger partial charge in [-0.05, 0) is 48.4 Å². The Hall–Kier alpha value is -2.04. The molecule has 0 saturated heterocycles. The lowest BCUT2D eigenvalue weighted by Gasteiger charge is -2.40. The maximum atomic E-state index is 14.7. The molecule has 8 nitrogen and oxygen atoms in total. The highest BCUT2D eigenvalue weighted by Crippen LogP contribution is 2.44. The van der Waals surface area contributed by atoms with Gasteiger partial charge in [0.2, 0.25) is 0 Å². The van der Waals surface area contributed by atoms with Crippen LogP contribution < -0.4 is 0 Å². The number of rotatable bonds is 11. The number of methoxy groups -OCH3 is 1. The second kappa shape index (κ2) is 14.4. The van der Waals surface area contributed by atoms with Crippen molar-refractivity contribution in [2.45, 2.75) is 121 Å². The van der Waals surface area contributed by atoms with Crippen molar-refractivity contribution in [3.63, 3.8) is 0 Å². The summed E-state index contributed by atoms with van der Waals surface area (Å²) in [7, 11) is -3.89. The van der Waals surface area contributed by atoms with Crippen molar-refractivity contribution in [3.8, 4) is 0 Å². The summed E-state index contributed by atoms with van der Waals surface area (Å²) in [6, 6.07) is 6.59. The van der Waals surface area contributed by atoms with Gasteiger partial charge < -0.3 is 27.8 Å². The van der Waals surface area contributed by atoms with Crippen molar-refractivity contribution in [2.75, 3.05) is 20.3 Å². The highest BCUT2D eigenvalue weighted by Gasteiger charge is 2.64. The molecule has 13 heteroatoms. The van der Waals surface area contributed by atoms with Crippen LogP contribution in [0.4, 0.5) is 13.2 Å². The Morgan fingerprint density at radius 1 is 0.778 bits per heavy atom. The van der Waals surface area contributed by atoms with Crippen LogP contribution in [0.25, 0.3) is 0 Å². The Bertz CT molecular complexity index is 1180. The third-order valence-corrected chi connectivity index (χ3v) is 18.1. The molecule has 256 valence electrons. The molecule has 0 bridgehead atoms. The molecule has 0 fully saturated rings. The first-order valence-electron chi connectivity index (χ1n) is 15.1. The van der Waals surface area contributed by atoms with Gasteiger partial charge in [-0.2, -0.15) is 13.2 Å². The maximum absolute atomic E-state index is 14.7. The molecule has 1 aliphatic heterocycles. The van der Waals surface area contributed by atoms with Crippen LogP contribution in [0.2, 0.25) is 36.3 Å². The molecule has 45 heavy (non-hydrogen) atoms. The summed E-state index contributed by atoms with van der Waals surface area (Å²) in [6.45, 7) is 21.7. The van der Waals surface area contributed by atoms with E-state index < -0.39 is 70.3 Å². The maximum Gasteiger partial charge on any atom is 0.432 e. The zero-order valence-electron chi connectivity index (χ0n) is 28.7. The average molecular weight is 677 g/mol. The number of halogens is 3. The van der Waals surface area contributed by atoms with Crippen molar-refractivity contribution in [1.29, 1.82) is 0 Å². The van der Waals surface area contributed by atoms with Gasteiger partial charge in [-0.3, -0.25) is 4.79 Å². The first-order chi connectivity index (χ1) is 20.4. The van der Waals surface area contributed by atoms with E-state index >= 15 is 0 Å². The highest BCUT2D eigenvalue weighted by molar-refractivity contribution is 6.74. The molecule has 1 aromatic carbocycles. The van der Waals surface area contributed by atoms with Crippen LogP contribution in [0.5, 0.6) is 0 Å². The predicted octanol–water partition coefficient (Wildman–Crippen LogP) is 7.30. The highest BCUT2D eigenvalue weighted by atomic mass is 28.4. The van der Waals surface area contributed by atoms with E-state index in [0.717, 1.165) is 19.2 Å². The minimum atomic E-state index is -5.16. The van der Waals surface area contributed by atoms with Crippen LogP contribution in [-0.4, -0.2) is 79.5 Å². The molecule has 0 aliphatic carbocycles. The summed E-state index contributed by atoms with van der Waals surface area (Å²) in [4.78, 5) is 25.7. The van der Waals surface area contributed by atoms with Crippen molar-refractivity contribution in [2.24, 2.45) is 0 Å². The molecule has 0 unspecified atom stereocenters. The molecular weight excluding hydrogens is 626 g/mol. The van der Waals surface area contributed by atoms with Crippen LogP contribution in [0.3, 0.4) is 0 Å². The number of hydrogen-bond acceptors (Lipinski definition) is 8. The first kappa shape index (κ1) is 39.1. The van der Waals surface area contributed by atoms with Gasteiger partial charge in [-0.25, -0.2) is 4.79 Å². The van der Waals surface area contributed by atoms with Gasteiger partial charge in [0, 0.05) is 19.6 Å². The molecule has 1 aromatic rings. The fourth-order valence-corrected chi connectivity index (χ4v) is 6.17. The molecule has 2 rings (SSSR count). The van der Waals surface area contributed by atoms with Crippen molar-refractivity contribution >= 4 is 28.6 Å². The predicted molar refractivity (Wildman–Crippen MR) is 171 cm³/mol. The second-order valence-corrected chi connectivity index (χ2v) is 24.1. The summed E-state index contributed by atoms with van der Waals surface area (Å²) in [6.07, 6.45) is -6.54. The monoisotopic (exact) mass is 676 g/mol. The third kappa shape index (κ3) is 9.28. The third-order valence-electron chi connectivity index (χ3n) is 9.12. The van der Waals surface area contributed by atoms with Crippen molar-refractivity contribution in [1.82, 2.24) is 0 Å². The Morgan fingerprint density at radius 3 is 1.56 bits per heavy atom. The van der Waals surface area contributed by atoms with Gasteiger partial charge in [0.25, 0.3) is 5.60 Å². The van der Waals surface area contributed by atoms with Crippen molar-refractivity contribution in [3.05, 3.63) is 48.0 Å². The number of carbonyl (C=O) groups is 2. The minimum Gasteiger partial charge on any atom is -0.455 e. The average Bonchev–Trinajstić information content (AvgIpc) is 3.04. The lowest BCUT2D eigenvalue weighted by Crippen LogP contribution is -2.54. The lowest BCUT2D eigenvalue weighted by molar-refractivity contribution is -0.279. The zero-order valence-corrected chi connectivity index (χ0v) is 30.7. The summed E-state index contributed by atoms with van der Waals surface area (Å²) >= 11 is 0. The molecule has 0 saturated carbocycles. The van der Waals surface area contributed by atoms with Gasteiger partial charge in [-0.1, -0.05) is 71.9 Å². The van der Waals surface area contributed by atoms with Gasteiger partial charge in [0.1, 0.15) is 24.4 Å². The molecule has 1 heterocycles. The fraction of sp³-hybridized carbons (Fsp3) is 0.688. The van der Waals surface area contributed by atoms with E-state index in [0.29, 0.717) is 0 Å². The van der Waals surface area contributed by atoms with E-state index in [9.17, 15) is 22.8 Å². The van der Waals surface area contributed by atoms with Crippen LogP contribution >= 0.6 is 0 Å². The number of ether oxygens (including phenoxy) is 4. The molecule has 5 atom stereocenters. The normalized spacial score (nSPS) is 23.2. The van der Waals surface area contributed by atoms with Gasteiger partial charge in [0.15, 0.2) is 16.6 Å². The topological polar surface area (TPSA) is 89.5 Å². The van der Waals surface area contributed by atoms with E-state index in [1.165, 1.54) is 37.3 Å². The Balaban J connectivity index is 2.58. The van der Waals surface area contributed by atoms with Crippen LogP contribution in [-0.2, 0) is 43.0 Å². The summed E-state index contributed by atoms with van der Waals surface area (Å²) in [5, 5.41) is -0.328. The van der Waals surface area contributed by atoms with Crippen molar-refractivity contribution < 1.29 is 50.6 Å². The minimum absolute atomic E-state index is 0.0324. The zero-order chi connectivity index (χ0) is 34.6. The Kier molecular flexibility index (Phi) is 12.5. The lowest BCUT2D eigenvalue weighted by atomic mass is 9.92. The number of hydrogen-bond donors (Lipinski definition) is 0. The molecule has 0 amide bonds. The van der Waals surface area contributed by atoms with E-state index in [2.05, 4.69) is 33.9 Å². The van der Waals surface area contributed by atoms with E-state index in [1.54, 1.807) is 0 Å².